The Balaban J connectivity index is 1.47. The van der Waals surface area contributed by atoms with Gasteiger partial charge in [-0.05, 0) is 48.5 Å². The Morgan fingerprint density at radius 2 is 1.56 bits per heavy atom. The predicted molar refractivity (Wildman–Crippen MR) is 163 cm³/mol. The topological polar surface area (TPSA) is 137 Å². The van der Waals surface area contributed by atoms with Crippen LogP contribution in [0.3, 0.4) is 0 Å². The maximum Gasteiger partial charge on any atom is 0.263 e. The first kappa shape index (κ1) is 32.5. The maximum atomic E-state index is 15.0. The normalized spacial score (nSPS) is 16.4. The molecule has 1 amide bonds. The largest absolute Gasteiger partial charge is 0.451 e. The molecule has 1 heterocycles. The third-order valence-corrected chi connectivity index (χ3v) is 11.3. The average molecular weight is 681 g/mol. The zero-order chi connectivity index (χ0) is 32.7. The highest BCUT2D eigenvalue weighted by atomic mass is 35.5. The quantitative estimate of drug-likeness (QED) is 0.209. The van der Waals surface area contributed by atoms with Crippen molar-refractivity contribution in [3.63, 3.8) is 0 Å². The number of fused-ring (bicyclic) bond motifs is 1. The van der Waals surface area contributed by atoms with Crippen molar-refractivity contribution in [2.45, 2.75) is 15.8 Å². The van der Waals surface area contributed by atoms with Gasteiger partial charge in [-0.3, -0.25) is 10.0 Å². The molecule has 5 rings (SSSR count). The van der Waals surface area contributed by atoms with Gasteiger partial charge in [-0.1, -0.05) is 35.9 Å². The van der Waals surface area contributed by atoms with Crippen LogP contribution >= 0.6 is 11.6 Å². The third kappa shape index (κ3) is 6.19. The lowest BCUT2D eigenvalue weighted by Gasteiger charge is -2.38. The molecule has 0 aromatic heterocycles. The Morgan fingerprint density at radius 1 is 0.933 bits per heavy atom. The first-order valence-electron chi connectivity index (χ1n) is 13.3. The molecule has 45 heavy (non-hydrogen) atoms. The van der Waals surface area contributed by atoms with Crippen molar-refractivity contribution in [1.82, 2.24) is 14.1 Å². The van der Waals surface area contributed by atoms with E-state index < -0.39 is 73.9 Å². The zero-order valence-corrected chi connectivity index (χ0v) is 26.2. The molecular weight excluding hydrogens is 654 g/mol. The fourth-order valence-corrected chi connectivity index (χ4v) is 8.46. The van der Waals surface area contributed by atoms with Gasteiger partial charge in [0, 0.05) is 55.2 Å². The number of halogens is 3. The van der Waals surface area contributed by atoms with Crippen molar-refractivity contribution in [2.24, 2.45) is 0 Å². The Morgan fingerprint density at radius 3 is 2.18 bits per heavy atom. The van der Waals surface area contributed by atoms with E-state index in [0.717, 1.165) is 9.99 Å². The summed E-state index contributed by atoms with van der Waals surface area (Å²) in [4.78, 5) is 13.7. The van der Waals surface area contributed by atoms with Crippen LogP contribution < -0.4 is 15.1 Å². The smallest absolute Gasteiger partial charge is 0.263 e. The van der Waals surface area contributed by atoms with E-state index in [1.165, 1.54) is 35.8 Å². The van der Waals surface area contributed by atoms with Gasteiger partial charge in [0.05, 0.1) is 9.79 Å². The van der Waals surface area contributed by atoms with Gasteiger partial charge < -0.3 is 9.64 Å². The van der Waals surface area contributed by atoms with Gasteiger partial charge in [-0.2, -0.15) is 8.61 Å². The summed E-state index contributed by atoms with van der Waals surface area (Å²) in [6.07, 6.45) is 0. The molecule has 0 unspecified atom stereocenters. The number of nitrogens with one attached hydrogen (secondary N) is 1. The number of piperazine rings is 1. The molecule has 0 bridgehead atoms. The van der Waals surface area contributed by atoms with E-state index in [4.69, 9.17) is 16.3 Å². The molecule has 16 heteroatoms. The van der Waals surface area contributed by atoms with Crippen LogP contribution in [-0.2, 0) is 24.8 Å². The molecule has 0 aliphatic carbocycles. The molecule has 4 aromatic carbocycles. The second-order valence-corrected chi connectivity index (χ2v) is 14.5. The van der Waals surface area contributed by atoms with Crippen molar-refractivity contribution < 1.29 is 40.4 Å². The molecule has 1 aliphatic heterocycles. The highest BCUT2D eigenvalue weighted by Gasteiger charge is 2.44. The Labute approximate surface area is 263 Å². The molecule has 11 nitrogen and oxygen atoms in total. The molecule has 1 fully saturated rings. The highest BCUT2D eigenvalue weighted by molar-refractivity contribution is 7.89. The number of nitrogens with zero attached hydrogens (tertiary/aromatic N) is 3. The van der Waals surface area contributed by atoms with Crippen LogP contribution in [-0.4, -0.2) is 76.3 Å². The number of hydrogen-bond donors (Lipinski definition) is 2. The molecule has 1 saturated heterocycles. The number of rotatable bonds is 8. The van der Waals surface area contributed by atoms with Crippen molar-refractivity contribution in [1.29, 1.82) is 0 Å². The fraction of sp³-hybridized carbons (Fsp3) is 0.207. The summed E-state index contributed by atoms with van der Waals surface area (Å²) in [6.45, 7) is -1.66. The zero-order valence-electron chi connectivity index (χ0n) is 23.8. The number of ether oxygens (including phenoxy) is 1. The molecule has 4 aromatic rings. The molecule has 2 N–H and O–H groups in total. The van der Waals surface area contributed by atoms with Crippen molar-refractivity contribution in [2.75, 3.05) is 38.6 Å². The van der Waals surface area contributed by atoms with Gasteiger partial charge in [0.25, 0.3) is 5.91 Å². The van der Waals surface area contributed by atoms with E-state index in [9.17, 15) is 26.8 Å². The van der Waals surface area contributed by atoms with E-state index in [1.54, 1.807) is 24.3 Å². The number of amides is 1. The second-order valence-electron chi connectivity index (χ2n) is 10.3. The Bertz CT molecular complexity index is 1970. The van der Waals surface area contributed by atoms with Gasteiger partial charge >= 0.3 is 0 Å². The summed E-state index contributed by atoms with van der Waals surface area (Å²) >= 11 is 5.81. The summed E-state index contributed by atoms with van der Waals surface area (Å²) in [5, 5.41) is 10.8. The highest BCUT2D eigenvalue weighted by Crippen LogP contribution is 2.35. The molecule has 0 spiro atoms. The molecule has 0 saturated carbocycles. The number of carbonyl (C=O) groups excluding carboxylic acids is 1. The van der Waals surface area contributed by atoms with Gasteiger partial charge in [-0.15, -0.1) is 0 Å². The van der Waals surface area contributed by atoms with Gasteiger partial charge in [-0.25, -0.2) is 31.1 Å². The average Bonchev–Trinajstić information content (AvgIpc) is 3.02. The van der Waals surface area contributed by atoms with Crippen molar-refractivity contribution in [3.05, 3.63) is 89.5 Å². The SMILES string of the molecule is CN(C)c1cccc2c(S(=O)(=O)N3CCN(S(=O)(=O)c4cc(F)c(Oc5ccc(Cl)cc5)c(F)c4)[C@H](C(=O)NO)C3)cccc12. The summed E-state index contributed by atoms with van der Waals surface area (Å²) in [7, 11) is -5.49. The minimum atomic E-state index is -4.81. The van der Waals surface area contributed by atoms with Crippen LogP contribution in [0.15, 0.2) is 82.6 Å². The number of anilines is 1. The first-order valence-corrected chi connectivity index (χ1v) is 16.6. The summed E-state index contributed by atoms with van der Waals surface area (Å²) in [5.74, 6) is -4.77. The fourth-order valence-electron chi connectivity index (χ4n) is 5.09. The number of benzene rings is 4. The third-order valence-electron chi connectivity index (χ3n) is 7.28. The molecule has 1 atom stereocenters. The Hall–Kier alpha value is -3.86. The van der Waals surface area contributed by atoms with E-state index >= 15 is 8.78 Å². The summed E-state index contributed by atoms with van der Waals surface area (Å²) < 4.78 is 91.9. The summed E-state index contributed by atoms with van der Waals surface area (Å²) in [6, 6.07) is 14.7. The van der Waals surface area contributed by atoms with Crippen LogP contribution in [0.5, 0.6) is 11.5 Å². The molecule has 0 radical (unpaired) electrons. The van der Waals surface area contributed by atoms with E-state index in [2.05, 4.69) is 0 Å². The van der Waals surface area contributed by atoms with Gasteiger partial charge in [0.15, 0.2) is 17.4 Å². The van der Waals surface area contributed by atoms with E-state index in [-0.39, 0.29) is 10.6 Å². The lowest BCUT2D eigenvalue weighted by molar-refractivity contribution is -0.134. The second kappa shape index (κ2) is 12.5. The van der Waals surface area contributed by atoms with Crippen LogP contribution in [0.25, 0.3) is 10.8 Å². The minimum Gasteiger partial charge on any atom is -0.451 e. The lowest BCUT2D eigenvalue weighted by Crippen LogP contribution is -2.61. The van der Waals surface area contributed by atoms with Gasteiger partial charge in [0.1, 0.15) is 11.8 Å². The van der Waals surface area contributed by atoms with Crippen LogP contribution in [0.1, 0.15) is 0 Å². The minimum absolute atomic E-state index is 0.0361. The van der Waals surface area contributed by atoms with Crippen LogP contribution in [0.2, 0.25) is 5.02 Å². The van der Waals surface area contributed by atoms with E-state index in [0.29, 0.717) is 32.2 Å². The van der Waals surface area contributed by atoms with Crippen molar-refractivity contribution in [3.8, 4) is 11.5 Å². The van der Waals surface area contributed by atoms with Gasteiger partial charge in [0.2, 0.25) is 20.0 Å². The number of sulfonamides is 2. The molecule has 1 aliphatic rings. The maximum absolute atomic E-state index is 15.0. The number of hydroxylamine groups is 1. The number of carbonyl (C=O) groups is 1. The Kier molecular flexibility index (Phi) is 9.04. The standard InChI is InChI=1S/C29H27ClF2N4O7S2/c1-34(2)25-7-3-6-22-21(25)5-4-8-27(22)45(41,42)35-13-14-36(26(17-35)29(37)33-38)44(39,40)20-15-23(31)28(24(32)16-20)43-19-11-9-18(30)10-12-19/h3-12,15-16,26,38H,13-14,17H2,1-2H3,(H,33,37)/t26-/m0/s1. The first-order chi connectivity index (χ1) is 21.2. The predicted octanol–water partition coefficient (Wildman–Crippen LogP) is 4.20. The lowest BCUT2D eigenvalue weighted by atomic mass is 10.1. The monoisotopic (exact) mass is 680 g/mol. The molecular formula is C29H27ClF2N4O7S2. The van der Waals surface area contributed by atoms with Crippen molar-refractivity contribution >= 4 is 54.0 Å². The molecule has 238 valence electrons. The number of hydrogen-bond acceptors (Lipinski definition) is 8. The van der Waals surface area contributed by atoms with Crippen LogP contribution in [0, 0.1) is 11.6 Å². The summed E-state index contributed by atoms with van der Waals surface area (Å²) in [5.41, 5.74) is 2.13. The van der Waals surface area contributed by atoms with Crippen LogP contribution in [0.4, 0.5) is 14.5 Å². The van der Waals surface area contributed by atoms with E-state index in [1.807, 2.05) is 25.1 Å².